The average molecular weight is 374 g/mol. The number of nitrogens with one attached hydrogen (secondary N) is 1. The SMILES string of the molecule is CCNC(Cc1cncc(Br)c1)c1ccoc1Br. The maximum absolute atomic E-state index is 5.31. The van der Waals surface area contributed by atoms with Gasteiger partial charge in [0.1, 0.15) is 0 Å². The van der Waals surface area contributed by atoms with Gasteiger partial charge in [-0.05, 0) is 62.5 Å². The Labute approximate surface area is 123 Å². The Morgan fingerprint density at radius 3 is 2.83 bits per heavy atom. The van der Waals surface area contributed by atoms with Gasteiger partial charge < -0.3 is 9.73 Å². The number of likely N-dealkylation sites (N-methyl/N-ethyl adjacent to an activating group) is 1. The normalized spacial score (nSPS) is 12.6. The standard InChI is InChI=1S/C13H14Br2N2O/c1-2-17-12(11-3-4-18-13(11)15)6-9-5-10(14)8-16-7-9/h3-5,7-8,12,17H,2,6H2,1H3. The van der Waals surface area contributed by atoms with Crippen LogP contribution in [0.25, 0.3) is 0 Å². The van der Waals surface area contributed by atoms with Crippen molar-refractivity contribution >= 4 is 31.9 Å². The lowest BCUT2D eigenvalue weighted by Crippen LogP contribution is -2.22. The fraction of sp³-hybridized carbons (Fsp3) is 0.308. The highest BCUT2D eigenvalue weighted by Crippen LogP contribution is 2.27. The van der Waals surface area contributed by atoms with E-state index in [-0.39, 0.29) is 6.04 Å². The zero-order chi connectivity index (χ0) is 13.0. The van der Waals surface area contributed by atoms with Crippen molar-refractivity contribution in [2.45, 2.75) is 19.4 Å². The molecule has 0 bridgehead atoms. The molecule has 0 aliphatic heterocycles. The molecule has 0 amide bonds. The fourth-order valence-corrected chi connectivity index (χ4v) is 2.82. The lowest BCUT2D eigenvalue weighted by molar-refractivity contribution is 0.506. The quantitative estimate of drug-likeness (QED) is 0.857. The summed E-state index contributed by atoms with van der Waals surface area (Å²) in [5.74, 6) is 0. The summed E-state index contributed by atoms with van der Waals surface area (Å²) in [5.41, 5.74) is 2.32. The van der Waals surface area contributed by atoms with E-state index in [0.717, 1.165) is 27.7 Å². The van der Waals surface area contributed by atoms with Crippen LogP contribution in [-0.2, 0) is 6.42 Å². The molecule has 2 heterocycles. The molecule has 0 saturated carbocycles. The minimum absolute atomic E-state index is 0.222. The summed E-state index contributed by atoms with van der Waals surface area (Å²) in [6.45, 7) is 3.00. The van der Waals surface area contributed by atoms with Crippen LogP contribution in [-0.4, -0.2) is 11.5 Å². The van der Waals surface area contributed by atoms with Crippen LogP contribution >= 0.6 is 31.9 Å². The lowest BCUT2D eigenvalue weighted by atomic mass is 10.0. The van der Waals surface area contributed by atoms with Crippen molar-refractivity contribution in [3.8, 4) is 0 Å². The summed E-state index contributed by atoms with van der Waals surface area (Å²) in [7, 11) is 0. The van der Waals surface area contributed by atoms with Gasteiger partial charge in [0.05, 0.1) is 6.26 Å². The third-order valence-electron chi connectivity index (χ3n) is 2.67. The van der Waals surface area contributed by atoms with Crippen molar-refractivity contribution in [2.24, 2.45) is 0 Å². The number of pyridine rings is 1. The number of furan rings is 1. The van der Waals surface area contributed by atoms with E-state index < -0.39 is 0 Å². The van der Waals surface area contributed by atoms with Crippen molar-refractivity contribution in [1.82, 2.24) is 10.3 Å². The molecular formula is C13H14Br2N2O. The first kappa shape index (κ1) is 13.8. The average Bonchev–Trinajstić information content (AvgIpc) is 2.75. The highest BCUT2D eigenvalue weighted by Gasteiger charge is 2.16. The Kier molecular flexibility index (Phi) is 4.97. The minimum Gasteiger partial charge on any atom is -0.457 e. The zero-order valence-corrected chi connectivity index (χ0v) is 13.2. The summed E-state index contributed by atoms with van der Waals surface area (Å²) in [6, 6.07) is 4.30. The first-order chi connectivity index (χ1) is 8.70. The Hall–Kier alpha value is -0.650. The van der Waals surface area contributed by atoms with Gasteiger partial charge in [0.25, 0.3) is 0 Å². The van der Waals surface area contributed by atoms with Crippen LogP contribution in [0.1, 0.15) is 24.1 Å². The molecule has 0 aliphatic carbocycles. The predicted octanol–water partition coefficient (Wildman–Crippen LogP) is 4.09. The van der Waals surface area contributed by atoms with Crippen LogP contribution in [0.4, 0.5) is 0 Å². The van der Waals surface area contributed by atoms with Crippen molar-refractivity contribution in [3.63, 3.8) is 0 Å². The summed E-state index contributed by atoms with van der Waals surface area (Å²) >= 11 is 6.88. The van der Waals surface area contributed by atoms with E-state index in [4.69, 9.17) is 4.42 Å². The first-order valence-electron chi connectivity index (χ1n) is 5.76. The third kappa shape index (κ3) is 3.43. The maximum Gasteiger partial charge on any atom is 0.173 e. The number of halogens is 2. The van der Waals surface area contributed by atoms with Crippen molar-refractivity contribution < 1.29 is 4.42 Å². The number of aromatic nitrogens is 1. The molecule has 18 heavy (non-hydrogen) atoms. The van der Waals surface area contributed by atoms with Crippen LogP contribution in [0.15, 0.2) is 44.3 Å². The molecule has 1 N–H and O–H groups in total. The van der Waals surface area contributed by atoms with Crippen molar-refractivity contribution in [3.05, 3.63) is 51.1 Å². The molecule has 0 spiro atoms. The first-order valence-corrected chi connectivity index (χ1v) is 7.35. The van der Waals surface area contributed by atoms with Crippen LogP contribution in [0.2, 0.25) is 0 Å². The van der Waals surface area contributed by atoms with Gasteiger partial charge in [-0.1, -0.05) is 6.92 Å². The van der Waals surface area contributed by atoms with Gasteiger partial charge >= 0.3 is 0 Å². The van der Waals surface area contributed by atoms with Gasteiger partial charge in [-0.2, -0.15) is 0 Å². The molecule has 0 fully saturated rings. The van der Waals surface area contributed by atoms with E-state index >= 15 is 0 Å². The summed E-state index contributed by atoms with van der Waals surface area (Å²) in [6.07, 6.45) is 6.25. The number of rotatable bonds is 5. The van der Waals surface area contributed by atoms with Gasteiger partial charge in [0, 0.05) is 28.5 Å². The molecule has 3 nitrogen and oxygen atoms in total. The van der Waals surface area contributed by atoms with Crippen molar-refractivity contribution in [2.75, 3.05) is 6.54 Å². The Balaban J connectivity index is 2.19. The fourth-order valence-electron chi connectivity index (χ4n) is 1.90. The lowest BCUT2D eigenvalue weighted by Gasteiger charge is -2.17. The second-order valence-electron chi connectivity index (χ2n) is 3.98. The van der Waals surface area contributed by atoms with E-state index in [0.29, 0.717) is 0 Å². The van der Waals surface area contributed by atoms with Gasteiger partial charge in [0.15, 0.2) is 4.67 Å². The molecule has 0 aliphatic rings. The van der Waals surface area contributed by atoms with E-state index in [1.807, 2.05) is 12.3 Å². The van der Waals surface area contributed by atoms with Gasteiger partial charge in [-0.15, -0.1) is 0 Å². The Morgan fingerprint density at radius 2 is 2.22 bits per heavy atom. The monoisotopic (exact) mass is 372 g/mol. The molecule has 1 atom stereocenters. The van der Waals surface area contributed by atoms with E-state index in [1.165, 1.54) is 5.56 Å². The van der Waals surface area contributed by atoms with Gasteiger partial charge in [-0.3, -0.25) is 4.98 Å². The second kappa shape index (κ2) is 6.50. The third-order valence-corrected chi connectivity index (χ3v) is 3.75. The summed E-state index contributed by atoms with van der Waals surface area (Å²) in [4.78, 5) is 4.19. The summed E-state index contributed by atoms with van der Waals surface area (Å²) < 4.78 is 7.09. The molecule has 0 aromatic carbocycles. The van der Waals surface area contributed by atoms with Gasteiger partial charge in [-0.25, -0.2) is 0 Å². The predicted molar refractivity (Wildman–Crippen MR) is 78.5 cm³/mol. The topological polar surface area (TPSA) is 38.1 Å². The van der Waals surface area contributed by atoms with Gasteiger partial charge in [0.2, 0.25) is 0 Å². The van der Waals surface area contributed by atoms with Crippen LogP contribution in [0, 0.1) is 0 Å². The zero-order valence-electron chi connectivity index (χ0n) is 9.99. The van der Waals surface area contributed by atoms with E-state index in [1.54, 1.807) is 12.5 Å². The largest absolute Gasteiger partial charge is 0.457 e. The van der Waals surface area contributed by atoms with Crippen LogP contribution < -0.4 is 5.32 Å². The Morgan fingerprint density at radius 1 is 1.39 bits per heavy atom. The van der Waals surface area contributed by atoms with Crippen molar-refractivity contribution in [1.29, 1.82) is 0 Å². The molecular weight excluding hydrogens is 360 g/mol. The molecule has 0 radical (unpaired) electrons. The highest BCUT2D eigenvalue weighted by atomic mass is 79.9. The Bertz CT molecular complexity index is 513. The molecule has 2 rings (SSSR count). The van der Waals surface area contributed by atoms with E-state index in [2.05, 4.69) is 55.2 Å². The molecule has 0 saturated heterocycles. The van der Waals surface area contributed by atoms with Crippen LogP contribution in [0.3, 0.4) is 0 Å². The minimum atomic E-state index is 0.222. The molecule has 2 aromatic rings. The summed E-state index contributed by atoms with van der Waals surface area (Å²) in [5, 5.41) is 3.46. The highest BCUT2D eigenvalue weighted by molar-refractivity contribution is 9.10. The number of nitrogens with zero attached hydrogens (tertiary/aromatic N) is 1. The van der Waals surface area contributed by atoms with Crippen LogP contribution in [0.5, 0.6) is 0 Å². The smallest absolute Gasteiger partial charge is 0.173 e. The second-order valence-corrected chi connectivity index (χ2v) is 5.61. The van der Waals surface area contributed by atoms with E-state index in [9.17, 15) is 0 Å². The number of hydrogen-bond acceptors (Lipinski definition) is 3. The molecule has 5 heteroatoms. The molecule has 1 unspecified atom stereocenters. The number of hydrogen-bond donors (Lipinski definition) is 1. The maximum atomic E-state index is 5.31. The molecule has 2 aromatic heterocycles. The molecule has 96 valence electrons.